The first-order valence-corrected chi connectivity index (χ1v) is 8.21. The first kappa shape index (κ1) is 18.7. The maximum atomic E-state index is 13.5. The number of para-hydroxylation sites is 1. The van der Waals surface area contributed by atoms with Gasteiger partial charge in [-0.15, -0.1) is 0 Å². The fourth-order valence-corrected chi connectivity index (χ4v) is 2.05. The molecule has 0 spiro atoms. The van der Waals surface area contributed by atoms with Crippen LogP contribution in [-0.2, 0) is 0 Å². The average molecular weight is 361 g/mol. The van der Waals surface area contributed by atoms with E-state index in [9.17, 15) is 9.18 Å². The number of halogens is 1. The van der Waals surface area contributed by atoms with E-state index in [1.165, 1.54) is 6.07 Å². The van der Waals surface area contributed by atoms with Crippen molar-refractivity contribution in [2.24, 2.45) is 5.92 Å². The lowest BCUT2D eigenvalue weighted by molar-refractivity contribution is 0.0943. The Labute approximate surface area is 151 Å². The Morgan fingerprint density at radius 1 is 1.16 bits per heavy atom. The molecule has 1 amide bonds. The Balaban J connectivity index is 1.88. The minimum atomic E-state index is -0.437. The number of ether oxygens (including phenoxy) is 1. The van der Waals surface area contributed by atoms with Gasteiger partial charge in [-0.3, -0.25) is 15.6 Å². The van der Waals surface area contributed by atoms with E-state index in [4.69, 9.17) is 17.0 Å². The zero-order valence-electron chi connectivity index (χ0n) is 14.0. The number of carbonyl (C=O) groups is 1. The highest BCUT2D eigenvalue weighted by Gasteiger charge is 2.08. The number of anilines is 1. The summed E-state index contributed by atoms with van der Waals surface area (Å²) in [5.41, 5.74) is 5.64. The van der Waals surface area contributed by atoms with Gasteiger partial charge >= 0.3 is 0 Å². The summed E-state index contributed by atoms with van der Waals surface area (Å²) in [4.78, 5) is 12.2. The molecule has 0 unspecified atom stereocenters. The Morgan fingerprint density at radius 3 is 2.64 bits per heavy atom. The van der Waals surface area contributed by atoms with Gasteiger partial charge in [0.15, 0.2) is 5.11 Å². The van der Waals surface area contributed by atoms with Crippen molar-refractivity contribution in [3.05, 3.63) is 59.9 Å². The molecule has 0 saturated heterocycles. The summed E-state index contributed by atoms with van der Waals surface area (Å²) in [5, 5.41) is 2.74. The number of benzene rings is 2. The van der Waals surface area contributed by atoms with Gasteiger partial charge in [0.05, 0.1) is 12.3 Å². The van der Waals surface area contributed by atoms with Crippen molar-refractivity contribution in [3.8, 4) is 5.75 Å². The normalized spacial score (nSPS) is 10.2. The monoisotopic (exact) mass is 361 g/mol. The molecule has 0 fully saturated rings. The van der Waals surface area contributed by atoms with Gasteiger partial charge in [-0.2, -0.15) is 0 Å². The number of carbonyl (C=O) groups excluding carboxylic acids is 1. The molecule has 0 aliphatic heterocycles. The molecule has 2 aromatic carbocycles. The summed E-state index contributed by atoms with van der Waals surface area (Å²) >= 11 is 5.03. The van der Waals surface area contributed by atoms with Crippen molar-refractivity contribution in [2.75, 3.05) is 11.9 Å². The Morgan fingerprint density at radius 2 is 1.92 bits per heavy atom. The molecule has 7 heteroatoms. The second-order valence-electron chi connectivity index (χ2n) is 5.75. The number of rotatable bonds is 5. The number of nitrogens with one attached hydrogen (secondary N) is 3. The highest BCUT2D eigenvalue weighted by atomic mass is 32.1. The molecule has 0 bridgehead atoms. The maximum Gasteiger partial charge on any atom is 0.269 e. The SMILES string of the molecule is CC(C)COc1cccc(C(=O)NNC(=S)Nc2ccccc2F)c1. The lowest BCUT2D eigenvalue weighted by Crippen LogP contribution is -2.43. The van der Waals surface area contributed by atoms with Gasteiger partial charge in [0, 0.05) is 5.56 Å². The van der Waals surface area contributed by atoms with E-state index in [0.717, 1.165) is 0 Å². The minimum Gasteiger partial charge on any atom is -0.493 e. The molecule has 132 valence electrons. The third-order valence-electron chi connectivity index (χ3n) is 3.09. The van der Waals surface area contributed by atoms with Crippen LogP contribution in [0.1, 0.15) is 24.2 Å². The summed E-state index contributed by atoms with van der Waals surface area (Å²) in [6, 6.07) is 12.9. The topological polar surface area (TPSA) is 62.4 Å². The van der Waals surface area contributed by atoms with Gasteiger partial charge in [-0.25, -0.2) is 4.39 Å². The Kier molecular flexibility index (Phi) is 6.71. The van der Waals surface area contributed by atoms with E-state index in [1.54, 1.807) is 42.5 Å². The van der Waals surface area contributed by atoms with Crippen molar-refractivity contribution in [2.45, 2.75) is 13.8 Å². The van der Waals surface area contributed by atoms with Crippen LogP contribution < -0.4 is 20.9 Å². The van der Waals surface area contributed by atoms with E-state index in [1.807, 2.05) is 13.8 Å². The van der Waals surface area contributed by atoms with Crippen LogP contribution in [-0.4, -0.2) is 17.6 Å². The van der Waals surface area contributed by atoms with Crippen molar-refractivity contribution in [3.63, 3.8) is 0 Å². The summed E-state index contributed by atoms with van der Waals surface area (Å²) in [5.74, 6) is 0.190. The quantitative estimate of drug-likeness (QED) is 0.562. The molecule has 3 N–H and O–H groups in total. The van der Waals surface area contributed by atoms with Crippen LogP contribution in [0.25, 0.3) is 0 Å². The van der Waals surface area contributed by atoms with E-state index in [0.29, 0.717) is 23.8 Å². The number of hydrogen-bond donors (Lipinski definition) is 3. The zero-order valence-corrected chi connectivity index (χ0v) is 14.8. The second-order valence-corrected chi connectivity index (χ2v) is 6.15. The third-order valence-corrected chi connectivity index (χ3v) is 3.30. The summed E-state index contributed by atoms with van der Waals surface area (Å²) < 4.78 is 19.1. The van der Waals surface area contributed by atoms with Crippen molar-refractivity contribution in [1.29, 1.82) is 0 Å². The summed E-state index contributed by atoms with van der Waals surface area (Å²) in [7, 11) is 0. The predicted molar refractivity (Wildman–Crippen MR) is 100.0 cm³/mol. The van der Waals surface area contributed by atoms with E-state index < -0.39 is 5.82 Å². The predicted octanol–water partition coefficient (Wildman–Crippen LogP) is 3.49. The van der Waals surface area contributed by atoms with Gasteiger partial charge in [0.25, 0.3) is 5.91 Å². The standard InChI is InChI=1S/C18H20FN3O2S/c1-12(2)11-24-14-7-5-6-13(10-14)17(23)21-22-18(25)20-16-9-4-3-8-15(16)19/h3-10,12H,11H2,1-2H3,(H,21,23)(H2,20,22,25). The molecule has 2 aromatic rings. The maximum absolute atomic E-state index is 13.5. The van der Waals surface area contributed by atoms with Crippen LogP contribution >= 0.6 is 12.2 Å². The molecule has 0 atom stereocenters. The van der Waals surface area contributed by atoms with Gasteiger partial charge in [0.1, 0.15) is 11.6 Å². The molecular formula is C18H20FN3O2S. The Hall–Kier alpha value is -2.67. The fraction of sp³-hybridized carbons (Fsp3) is 0.222. The van der Waals surface area contributed by atoms with Gasteiger partial charge < -0.3 is 10.1 Å². The number of hydrogen-bond acceptors (Lipinski definition) is 3. The lowest BCUT2D eigenvalue weighted by Gasteiger charge is -2.13. The smallest absolute Gasteiger partial charge is 0.269 e. The summed E-state index contributed by atoms with van der Waals surface area (Å²) in [6.45, 7) is 4.66. The average Bonchev–Trinajstić information content (AvgIpc) is 2.60. The number of hydrazine groups is 1. The van der Waals surface area contributed by atoms with Gasteiger partial charge in [0.2, 0.25) is 0 Å². The van der Waals surface area contributed by atoms with E-state index in [2.05, 4.69) is 16.2 Å². The van der Waals surface area contributed by atoms with Crippen LogP contribution in [0, 0.1) is 11.7 Å². The van der Waals surface area contributed by atoms with Crippen molar-refractivity contribution < 1.29 is 13.9 Å². The highest BCUT2D eigenvalue weighted by molar-refractivity contribution is 7.80. The molecule has 0 saturated carbocycles. The molecule has 0 aromatic heterocycles. The molecule has 5 nitrogen and oxygen atoms in total. The van der Waals surface area contributed by atoms with Crippen LogP contribution in [0.15, 0.2) is 48.5 Å². The van der Waals surface area contributed by atoms with Crippen molar-refractivity contribution in [1.82, 2.24) is 10.9 Å². The molecule has 2 rings (SSSR count). The first-order chi connectivity index (χ1) is 12.0. The lowest BCUT2D eigenvalue weighted by atomic mass is 10.2. The zero-order chi connectivity index (χ0) is 18.2. The number of amides is 1. The van der Waals surface area contributed by atoms with Crippen LogP contribution in [0.5, 0.6) is 5.75 Å². The Bertz CT molecular complexity index is 753. The largest absolute Gasteiger partial charge is 0.493 e. The van der Waals surface area contributed by atoms with Gasteiger partial charge in [-0.05, 0) is 48.5 Å². The van der Waals surface area contributed by atoms with Gasteiger partial charge in [-0.1, -0.05) is 32.0 Å². The molecule has 25 heavy (non-hydrogen) atoms. The van der Waals surface area contributed by atoms with E-state index in [-0.39, 0.29) is 16.7 Å². The van der Waals surface area contributed by atoms with Crippen LogP contribution in [0.4, 0.5) is 10.1 Å². The molecular weight excluding hydrogens is 341 g/mol. The molecule has 0 aliphatic rings. The minimum absolute atomic E-state index is 0.0747. The fourth-order valence-electron chi connectivity index (χ4n) is 1.89. The first-order valence-electron chi connectivity index (χ1n) is 7.80. The second kappa shape index (κ2) is 8.98. The number of thiocarbonyl (C=S) groups is 1. The van der Waals surface area contributed by atoms with Crippen LogP contribution in [0.2, 0.25) is 0 Å². The van der Waals surface area contributed by atoms with Crippen molar-refractivity contribution >= 4 is 28.9 Å². The van der Waals surface area contributed by atoms with E-state index >= 15 is 0 Å². The molecule has 0 radical (unpaired) electrons. The summed E-state index contributed by atoms with van der Waals surface area (Å²) in [6.07, 6.45) is 0. The molecule has 0 heterocycles. The highest BCUT2D eigenvalue weighted by Crippen LogP contribution is 2.14. The third kappa shape index (κ3) is 6.04. The molecule has 0 aliphatic carbocycles. The van der Waals surface area contributed by atoms with Crippen LogP contribution in [0.3, 0.4) is 0 Å².